The fraction of sp³-hybridized carbons (Fsp3) is 0.400. The largest absolute Gasteiger partial charge is 0.494 e. The number of sulfonamides is 2. The van der Waals surface area contributed by atoms with Crippen LogP contribution < -0.4 is 8.45 Å². The van der Waals surface area contributed by atoms with E-state index in [1.165, 1.54) is 26.0 Å². The second kappa shape index (κ2) is 9.55. The van der Waals surface area contributed by atoms with Crippen LogP contribution in [-0.2, 0) is 26.6 Å². The van der Waals surface area contributed by atoms with Crippen LogP contribution >= 0.6 is 0 Å². The van der Waals surface area contributed by atoms with Gasteiger partial charge >= 0.3 is 0 Å². The van der Waals surface area contributed by atoms with Crippen LogP contribution in [0, 0.1) is 17.2 Å². The summed E-state index contributed by atoms with van der Waals surface area (Å²) in [7, 11) is -8.09. The van der Waals surface area contributed by atoms with Crippen molar-refractivity contribution in [2.24, 2.45) is 5.92 Å². The average molecular weight is 516 g/mol. The van der Waals surface area contributed by atoms with E-state index in [-0.39, 0.29) is 17.2 Å². The third-order valence-electron chi connectivity index (χ3n) is 6.18. The molecule has 4 rings (SSSR count). The summed E-state index contributed by atoms with van der Waals surface area (Å²) < 4.78 is 58.8. The van der Waals surface area contributed by atoms with Crippen molar-refractivity contribution in [2.45, 2.75) is 40.2 Å². The predicted molar refractivity (Wildman–Crippen MR) is 137 cm³/mol. The van der Waals surface area contributed by atoms with Crippen LogP contribution in [-0.4, -0.2) is 39.5 Å². The van der Waals surface area contributed by atoms with E-state index in [4.69, 9.17) is 4.74 Å². The number of rotatable bonds is 10. The number of anilines is 1. The molecule has 0 bridgehead atoms. The van der Waals surface area contributed by atoms with Gasteiger partial charge in [-0.15, -0.1) is 0 Å². The molecule has 1 aliphatic carbocycles. The summed E-state index contributed by atoms with van der Waals surface area (Å²) >= 11 is 0. The Morgan fingerprint density at radius 3 is 2.14 bits per heavy atom. The predicted octanol–water partition coefficient (Wildman–Crippen LogP) is 4.49. The highest BCUT2D eigenvalue weighted by molar-refractivity contribution is 8.10. The number of ether oxygens (including phenoxy) is 1. The molecule has 1 fully saturated rings. The molecule has 3 aromatic rings. The van der Waals surface area contributed by atoms with Crippen LogP contribution in [0.2, 0.25) is 0 Å². The number of hydrogen-bond acceptors (Lipinski definition) is 6. The molecule has 0 spiro atoms. The Morgan fingerprint density at radius 1 is 1.00 bits per heavy atom. The molecule has 0 amide bonds. The van der Waals surface area contributed by atoms with Gasteiger partial charge in [0.25, 0.3) is 0 Å². The Hall–Kier alpha value is -3.03. The van der Waals surface area contributed by atoms with E-state index in [0.29, 0.717) is 33.1 Å². The minimum atomic E-state index is -4.05. The highest BCUT2D eigenvalue weighted by Crippen LogP contribution is 2.40. The van der Waals surface area contributed by atoms with Gasteiger partial charge in [-0.05, 0) is 75.4 Å². The normalized spacial score (nSPS) is 14.1. The number of benzene rings is 2. The van der Waals surface area contributed by atoms with Gasteiger partial charge in [-0.2, -0.15) is 8.97 Å². The molecule has 0 radical (unpaired) electrons. The van der Waals surface area contributed by atoms with Gasteiger partial charge in [0.1, 0.15) is 11.8 Å². The first-order chi connectivity index (χ1) is 16.7. The second-order valence-corrected chi connectivity index (χ2v) is 13.0. The summed E-state index contributed by atoms with van der Waals surface area (Å²) in [5.74, 6) is 0.545. The number of nitrogens with zero attached hydrogens (tertiary/aromatic N) is 3. The molecule has 186 valence electrons. The maximum absolute atomic E-state index is 12.6. The van der Waals surface area contributed by atoms with Crippen LogP contribution in [0.25, 0.3) is 22.2 Å². The molecule has 10 heteroatoms. The van der Waals surface area contributed by atoms with Crippen LogP contribution in [0.4, 0.5) is 5.69 Å². The van der Waals surface area contributed by atoms with Crippen LogP contribution in [0.1, 0.15) is 39.2 Å². The molecule has 8 nitrogen and oxygen atoms in total. The van der Waals surface area contributed by atoms with Crippen molar-refractivity contribution in [3.63, 3.8) is 0 Å². The van der Waals surface area contributed by atoms with E-state index in [2.05, 4.69) is 10.6 Å². The summed E-state index contributed by atoms with van der Waals surface area (Å²) in [4.78, 5) is 0. The molecule has 2 aromatic carbocycles. The van der Waals surface area contributed by atoms with Crippen molar-refractivity contribution in [1.29, 1.82) is 5.26 Å². The van der Waals surface area contributed by atoms with Gasteiger partial charge in [0.15, 0.2) is 0 Å². The Morgan fingerprint density at radius 2 is 1.63 bits per heavy atom. The molecule has 1 saturated carbocycles. The number of hydrogen-bond donors (Lipinski definition) is 0. The lowest BCUT2D eigenvalue weighted by molar-refractivity contribution is 0.340. The van der Waals surface area contributed by atoms with Crippen LogP contribution in [0.15, 0.2) is 42.5 Å². The standard InChI is InChI=1S/C25H29N3O5S2/c1-4-33-21-13-14-24-22(15-21)23(16-26)25(27(24)17-18-7-8-18)19-9-11-20(12-10-19)28(34(29,30)5-2)35(31,32)6-3/h9-15,18H,4-8,17H2,1-3H3. The van der Waals surface area contributed by atoms with Gasteiger partial charge in [0.2, 0.25) is 20.0 Å². The molecule has 0 aliphatic heterocycles. The molecule has 1 heterocycles. The van der Waals surface area contributed by atoms with Crippen LogP contribution in [0.3, 0.4) is 0 Å². The third kappa shape index (κ3) is 4.75. The van der Waals surface area contributed by atoms with Crippen molar-refractivity contribution >= 4 is 36.6 Å². The Bertz CT molecular complexity index is 1460. The molecule has 1 aromatic heterocycles. The highest BCUT2D eigenvalue weighted by atomic mass is 32.3. The maximum Gasteiger partial charge on any atom is 0.247 e. The first-order valence-electron chi connectivity index (χ1n) is 11.7. The summed E-state index contributed by atoms with van der Waals surface area (Å²) in [5, 5.41) is 10.9. The van der Waals surface area contributed by atoms with Crippen molar-refractivity contribution < 1.29 is 21.6 Å². The molecule has 1 aliphatic rings. The molecular weight excluding hydrogens is 486 g/mol. The highest BCUT2D eigenvalue weighted by Gasteiger charge is 2.32. The van der Waals surface area contributed by atoms with E-state index in [9.17, 15) is 22.1 Å². The Kier molecular flexibility index (Phi) is 6.84. The first-order valence-corrected chi connectivity index (χ1v) is 14.9. The zero-order valence-corrected chi connectivity index (χ0v) is 21.7. The van der Waals surface area contributed by atoms with Gasteiger partial charge in [-0.3, -0.25) is 0 Å². The zero-order valence-electron chi connectivity index (χ0n) is 20.1. The zero-order chi connectivity index (χ0) is 25.4. The van der Waals surface area contributed by atoms with Crippen molar-refractivity contribution in [3.8, 4) is 23.1 Å². The van der Waals surface area contributed by atoms with Gasteiger partial charge in [0.05, 0.1) is 40.6 Å². The lowest BCUT2D eigenvalue weighted by Gasteiger charge is -2.23. The van der Waals surface area contributed by atoms with E-state index >= 15 is 0 Å². The van der Waals surface area contributed by atoms with Gasteiger partial charge in [0, 0.05) is 11.9 Å². The molecule has 0 N–H and O–H groups in total. The minimum absolute atomic E-state index is 0.0550. The van der Waals surface area contributed by atoms with E-state index < -0.39 is 20.0 Å². The van der Waals surface area contributed by atoms with Gasteiger partial charge < -0.3 is 9.30 Å². The molecule has 0 saturated heterocycles. The fourth-order valence-electron chi connectivity index (χ4n) is 4.22. The maximum atomic E-state index is 12.6. The first kappa shape index (κ1) is 25.1. The van der Waals surface area contributed by atoms with E-state index in [1.807, 2.05) is 25.1 Å². The SMILES string of the molecule is CCOc1ccc2c(c1)c(C#N)c(-c1ccc(N(S(=O)(=O)CC)S(=O)(=O)CC)cc1)n2CC1CC1. The fourth-order valence-corrected chi connectivity index (χ4v) is 7.59. The van der Waals surface area contributed by atoms with E-state index in [1.54, 1.807) is 12.1 Å². The molecule has 0 unspecified atom stereocenters. The van der Waals surface area contributed by atoms with Gasteiger partial charge in [-0.25, -0.2) is 16.8 Å². The van der Waals surface area contributed by atoms with Crippen LogP contribution in [0.5, 0.6) is 5.75 Å². The molecular formula is C25H29N3O5S2. The number of fused-ring (bicyclic) bond motifs is 1. The quantitative estimate of drug-likeness (QED) is 0.393. The molecule has 0 atom stereocenters. The number of aromatic nitrogens is 1. The monoisotopic (exact) mass is 515 g/mol. The van der Waals surface area contributed by atoms with Gasteiger partial charge in [-0.1, -0.05) is 12.1 Å². The lowest BCUT2D eigenvalue weighted by atomic mass is 10.1. The Labute approximate surface area is 206 Å². The smallest absolute Gasteiger partial charge is 0.247 e. The topological polar surface area (TPSA) is 109 Å². The molecule has 35 heavy (non-hydrogen) atoms. The summed E-state index contributed by atoms with van der Waals surface area (Å²) in [5.41, 5.74) is 2.94. The second-order valence-electron chi connectivity index (χ2n) is 8.55. The van der Waals surface area contributed by atoms with E-state index in [0.717, 1.165) is 36.0 Å². The average Bonchev–Trinajstić information content (AvgIpc) is 3.61. The minimum Gasteiger partial charge on any atom is -0.494 e. The summed E-state index contributed by atoms with van der Waals surface area (Å²) in [6.45, 7) is 6.01. The van der Waals surface area contributed by atoms with Crippen molar-refractivity contribution in [2.75, 3.05) is 21.8 Å². The Balaban J connectivity index is 1.88. The third-order valence-corrected chi connectivity index (χ3v) is 10.4. The van der Waals surface area contributed by atoms with Crippen molar-refractivity contribution in [3.05, 3.63) is 48.0 Å². The summed E-state index contributed by atoms with van der Waals surface area (Å²) in [6, 6.07) is 14.4. The summed E-state index contributed by atoms with van der Waals surface area (Å²) in [6.07, 6.45) is 2.27. The lowest BCUT2D eigenvalue weighted by Crippen LogP contribution is -2.39. The number of nitriles is 1. The van der Waals surface area contributed by atoms with Crippen molar-refractivity contribution in [1.82, 2.24) is 4.57 Å².